The first-order valence-corrected chi connectivity index (χ1v) is 11.0. The number of rotatable bonds is 8. The number of nitrogens with zero attached hydrogens (tertiary/aromatic N) is 1. The second kappa shape index (κ2) is 10.6. The molecule has 1 heterocycles. The average Bonchev–Trinajstić information content (AvgIpc) is 2.62. The van der Waals surface area contributed by atoms with Crippen LogP contribution in [-0.2, 0) is 28.9 Å². The minimum atomic E-state index is -3.93. The maximum absolute atomic E-state index is 12.8. The molecule has 0 spiro atoms. The second-order valence-corrected chi connectivity index (χ2v) is 8.76. The van der Waals surface area contributed by atoms with Gasteiger partial charge in [0.05, 0.1) is 18.0 Å². The van der Waals surface area contributed by atoms with E-state index in [2.05, 4.69) is 4.72 Å². The van der Waals surface area contributed by atoms with Gasteiger partial charge in [0.15, 0.2) is 0 Å². The maximum Gasteiger partial charge on any atom is 0.622 e. The van der Waals surface area contributed by atoms with Gasteiger partial charge in [0.1, 0.15) is 5.94 Å². The lowest BCUT2D eigenvalue weighted by molar-refractivity contribution is -0.145. The van der Waals surface area contributed by atoms with E-state index in [1.54, 1.807) is 31.3 Å². The summed E-state index contributed by atoms with van der Waals surface area (Å²) in [6.45, 7) is 3.71. The van der Waals surface area contributed by atoms with Crippen molar-refractivity contribution in [2.75, 3.05) is 20.1 Å². The van der Waals surface area contributed by atoms with Gasteiger partial charge in [0.25, 0.3) is 0 Å². The van der Waals surface area contributed by atoms with E-state index < -0.39 is 35.0 Å². The van der Waals surface area contributed by atoms with Gasteiger partial charge in [-0.1, -0.05) is 49.6 Å². The summed E-state index contributed by atoms with van der Waals surface area (Å²) >= 11 is 0. The van der Waals surface area contributed by atoms with Crippen molar-refractivity contribution in [3.05, 3.63) is 42.0 Å². The van der Waals surface area contributed by atoms with Gasteiger partial charge in [-0.25, -0.2) is 13.1 Å². The Kier molecular flexibility index (Phi) is 8.42. The van der Waals surface area contributed by atoms with Crippen LogP contribution in [0.2, 0.25) is 0 Å². The molecule has 0 saturated carbocycles. The van der Waals surface area contributed by atoms with Gasteiger partial charge < -0.3 is 9.31 Å². The van der Waals surface area contributed by atoms with Crippen LogP contribution in [0.25, 0.3) is 0 Å². The van der Waals surface area contributed by atoms with Crippen LogP contribution in [0.3, 0.4) is 0 Å². The number of nitrogens with one attached hydrogen (secondary N) is 1. The Balaban J connectivity index is 2.27. The van der Waals surface area contributed by atoms with E-state index in [4.69, 9.17) is 9.31 Å². The van der Waals surface area contributed by atoms with Crippen LogP contribution in [0, 0.1) is 6.92 Å². The first-order chi connectivity index (χ1) is 13.7. The molecule has 1 aliphatic heterocycles. The third kappa shape index (κ3) is 7.30. The van der Waals surface area contributed by atoms with Crippen LogP contribution >= 0.6 is 0 Å². The molecule has 1 saturated heterocycles. The highest BCUT2D eigenvalue weighted by Crippen LogP contribution is 2.14. The SMILES string of the molecule is CCCC/C=C/C(NS(=O)(=O)c1ccc(C)cc1)B1OC(=O)CN(C)CC(=O)O1. The molecule has 0 aromatic heterocycles. The summed E-state index contributed by atoms with van der Waals surface area (Å²) in [4.78, 5) is 25.7. The van der Waals surface area contributed by atoms with E-state index in [1.807, 2.05) is 13.8 Å². The lowest BCUT2D eigenvalue weighted by atomic mass is 9.78. The summed E-state index contributed by atoms with van der Waals surface area (Å²) in [5.74, 6) is -2.26. The number of benzene rings is 1. The second-order valence-electron chi connectivity index (χ2n) is 7.05. The van der Waals surface area contributed by atoms with Crippen LogP contribution < -0.4 is 4.72 Å². The Bertz CT molecular complexity index is 821. The number of allylic oxidation sites excluding steroid dienone is 1. The number of aryl methyl sites for hydroxylation is 1. The fourth-order valence-corrected chi connectivity index (χ4v) is 3.89. The Labute approximate surface area is 172 Å². The number of carbonyl (C=O) groups excluding carboxylic acids is 2. The van der Waals surface area contributed by atoms with E-state index >= 15 is 0 Å². The summed E-state index contributed by atoms with van der Waals surface area (Å²) in [5, 5.41) is 0. The van der Waals surface area contributed by atoms with Crippen molar-refractivity contribution in [2.45, 2.75) is 43.9 Å². The highest BCUT2D eigenvalue weighted by atomic mass is 32.2. The molecule has 1 aliphatic rings. The first kappa shape index (κ1) is 23.1. The van der Waals surface area contributed by atoms with E-state index in [0.29, 0.717) is 0 Å². The van der Waals surface area contributed by atoms with Gasteiger partial charge in [-0.05, 0) is 32.5 Å². The van der Waals surface area contributed by atoms with Crippen molar-refractivity contribution in [2.24, 2.45) is 0 Å². The summed E-state index contributed by atoms with van der Waals surface area (Å²) < 4.78 is 38.6. The molecule has 0 bridgehead atoms. The van der Waals surface area contributed by atoms with E-state index in [0.717, 1.165) is 24.8 Å². The molecule has 29 heavy (non-hydrogen) atoms. The molecular formula is C19H27BN2O6S. The molecule has 1 atom stereocenters. The maximum atomic E-state index is 12.8. The summed E-state index contributed by atoms with van der Waals surface area (Å²) in [6.07, 6.45) is 5.97. The van der Waals surface area contributed by atoms with E-state index in [9.17, 15) is 18.0 Å². The average molecular weight is 422 g/mol. The number of hydrogen-bond acceptors (Lipinski definition) is 7. The van der Waals surface area contributed by atoms with Crippen molar-refractivity contribution in [1.82, 2.24) is 9.62 Å². The summed E-state index contributed by atoms with van der Waals surface area (Å²) in [5.41, 5.74) is 0.923. The Morgan fingerprint density at radius 2 is 1.76 bits per heavy atom. The largest absolute Gasteiger partial charge is 0.622 e. The zero-order chi connectivity index (χ0) is 21.4. The Morgan fingerprint density at radius 3 is 2.31 bits per heavy atom. The fraction of sp³-hybridized carbons (Fsp3) is 0.474. The van der Waals surface area contributed by atoms with Crippen LogP contribution in [0.1, 0.15) is 31.7 Å². The molecule has 0 aliphatic carbocycles. The van der Waals surface area contributed by atoms with Gasteiger partial charge >= 0.3 is 19.1 Å². The molecule has 0 radical (unpaired) electrons. The fourth-order valence-electron chi connectivity index (χ4n) is 2.72. The Hall–Kier alpha value is -2.17. The number of hydrogen-bond donors (Lipinski definition) is 1. The third-order valence-electron chi connectivity index (χ3n) is 4.28. The van der Waals surface area contributed by atoms with Gasteiger partial charge in [-0.2, -0.15) is 0 Å². The zero-order valence-electron chi connectivity index (χ0n) is 17.0. The topological polar surface area (TPSA) is 102 Å². The van der Waals surface area contributed by atoms with Crippen molar-refractivity contribution in [3.8, 4) is 0 Å². The molecule has 2 rings (SSSR count). The molecular weight excluding hydrogens is 395 g/mol. The number of unbranched alkanes of at least 4 members (excludes halogenated alkanes) is 2. The van der Waals surface area contributed by atoms with Gasteiger partial charge in [-0.3, -0.25) is 14.5 Å². The predicted molar refractivity (Wildman–Crippen MR) is 109 cm³/mol. The summed E-state index contributed by atoms with van der Waals surface area (Å²) in [7, 11) is -3.73. The van der Waals surface area contributed by atoms with E-state index in [-0.39, 0.29) is 18.0 Å². The minimum Gasteiger partial charge on any atom is -0.497 e. The zero-order valence-corrected chi connectivity index (χ0v) is 17.8. The molecule has 1 aromatic carbocycles. The van der Waals surface area contributed by atoms with Crippen LogP contribution in [0.15, 0.2) is 41.3 Å². The molecule has 10 heteroatoms. The molecule has 158 valence electrons. The number of carbonyl (C=O) groups is 2. The van der Waals surface area contributed by atoms with E-state index in [1.165, 1.54) is 17.0 Å². The van der Waals surface area contributed by atoms with Crippen LogP contribution in [0.4, 0.5) is 0 Å². The third-order valence-corrected chi connectivity index (χ3v) is 5.75. The molecule has 0 amide bonds. The molecule has 1 aromatic rings. The standard InChI is InChI=1S/C19H27BN2O6S/c1-4-5-6-7-8-17(20-27-18(23)13-22(3)14-19(24)28-20)21-29(25,26)16-11-9-15(2)10-12-16/h7-12,17,21H,4-6,13-14H2,1-3H3/b8-7+. The quantitative estimate of drug-likeness (QED) is 0.384. The monoisotopic (exact) mass is 422 g/mol. The molecule has 8 nitrogen and oxygen atoms in total. The summed E-state index contributed by atoms with van der Waals surface area (Å²) in [6, 6.07) is 6.35. The van der Waals surface area contributed by atoms with Crippen molar-refractivity contribution < 1.29 is 27.3 Å². The van der Waals surface area contributed by atoms with Crippen molar-refractivity contribution >= 4 is 29.1 Å². The smallest absolute Gasteiger partial charge is 0.497 e. The van der Waals surface area contributed by atoms with Crippen molar-refractivity contribution in [1.29, 1.82) is 0 Å². The Morgan fingerprint density at radius 1 is 1.17 bits per heavy atom. The van der Waals surface area contributed by atoms with Gasteiger partial charge in [-0.15, -0.1) is 0 Å². The van der Waals surface area contributed by atoms with Crippen LogP contribution in [-0.4, -0.2) is 58.5 Å². The number of likely N-dealkylation sites (N-methyl/N-ethyl adjacent to an activating group) is 1. The van der Waals surface area contributed by atoms with Gasteiger partial charge in [0.2, 0.25) is 10.0 Å². The lowest BCUT2D eigenvalue weighted by Crippen LogP contribution is -2.53. The highest BCUT2D eigenvalue weighted by Gasteiger charge is 2.40. The lowest BCUT2D eigenvalue weighted by Gasteiger charge is -2.26. The normalized spacial score (nSPS) is 17.6. The molecule has 1 fully saturated rings. The number of sulfonamides is 1. The molecule has 1 unspecified atom stereocenters. The predicted octanol–water partition coefficient (Wildman–Crippen LogP) is 1.45. The van der Waals surface area contributed by atoms with Crippen LogP contribution in [0.5, 0.6) is 0 Å². The minimum absolute atomic E-state index is 0.0679. The van der Waals surface area contributed by atoms with Crippen molar-refractivity contribution in [3.63, 3.8) is 0 Å². The highest BCUT2D eigenvalue weighted by molar-refractivity contribution is 7.89. The molecule has 1 N–H and O–H groups in total. The van der Waals surface area contributed by atoms with Gasteiger partial charge in [0, 0.05) is 0 Å². The first-order valence-electron chi connectivity index (χ1n) is 9.54.